The molecule has 1 aromatic heterocycles. The second-order valence-corrected chi connectivity index (χ2v) is 5.50. The van der Waals surface area contributed by atoms with E-state index in [1.54, 1.807) is 37.3 Å². The van der Waals surface area contributed by atoms with Gasteiger partial charge in [-0.25, -0.2) is 4.98 Å². The molecule has 0 bridgehead atoms. The molecule has 0 fully saturated rings. The molecule has 0 radical (unpaired) electrons. The number of nitrogens with one attached hydrogen (secondary N) is 1. The molecule has 0 spiro atoms. The fourth-order valence-electron chi connectivity index (χ4n) is 3.09. The highest BCUT2D eigenvalue weighted by molar-refractivity contribution is 5.79. The van der Waals surface area contributed by atoms with Gasteiger partial charge in [0, 0.05) is 11.6 Å². The van der Waals surface area contributed by atoms with Gasteiger partial charge in [-0.1, -0.05) is 37.3 Å². The Morgan fingerprint density at radius 3 is 2.39 bits per heavy atom. The van der Waals surface area contributed by atoms with Gasteiger partial charge in [0.2, 0.25) is 5.91 Å². The summed E-state index contributed by atoms with van der Waals surface area (Å²) in [6, 6.07) is 8.72. The van der Waals surface area contributed by atoms with Gasteiger partial charge in [0.25, 0.3) is 0 Å². The van der Waals surface area contributed by atoms with Gasteiger partial charge >= 0.3 is 6.18 Å². The first-order valence-corrected chi connectivity index (χ1v) is 7.20. The van der Waals surface area contributed by atoms with Crippen LogP contribution in [-0.4, -0.2) is 22.1 Å². The van der Waals surface area contributed by atoms with Crippen LogP contribution in [-0.2, 0) is 16.6 Å². The number of amides is 1. The van der Waals surface area contributed by atoms with Crippen molar-refractivity contribution < 1.29 is 18.0 Å². The van der Waals surface area contributed by atoms with E-state index in [4.69, 9.17) is 5.73 Å². The first-order valence-electron chi connectivity index (χ1n) is 7.20. The maximum Gasteiger partial charge on any atom is 0.401 e. The van der Waals surface area contributed by atoms with Crippen molar-refractivity contribution in [2.45, 2.75) is 31.4 Å². The third kappa shape index (κ3) is 3.38. The number of alkyl halides is 3. The molecule has 0 saturated heterocycles. The van der Waals surface area contributed by atoms with Crippen LogP contribution in [0, 0.1) is 5.92 Å². The second kappa shape index (κ2) is 6.44. The number of hydrogen-bond donors (Lipinski definition) is 2. The monoisotopic (exact) mass is 325 g/mol. The summed E-state index contributed by atoms with van der Waals surface area (Å²) in [6.07, 6.45) is -1.97. The minimum atomic E-state index is -4.75. The number of hydrogen-bond acceptors (Lipinski definition) is 2. The lowest BCUT2D eigenvalue weighted by molar-refractivity contribution is -0.197. The summed E-state index contributed by atoms with van der Waals surface area (Å²) in [4.78, 5) is 18.4. The molecule has 1 amide bonds. The van der Waals surface area contributed by atoms with Crippen molar-refractivity contribution in [3.8, 4) is 0 Å². The highest BCUT2D eigenvalue weighted by atomic mass is 19.4. The number of carbonyl (C=O) groups excluding carboxylic acids is 1. The Balaban J connectivity index is 2.60. The standard InChI is InChI=1S/C16H18F3N3O/c1-2-15(12-9-21-10-22-12,8-11-6-4-3-5-7-11)13(14(20)23)16(17,18)19/h3-7,9-10,13H,2,8H2,1H3,(H2,20,23)(H,21,22). The Labute approximate surface area is 131 Å². The molecule has 2 atom stereocenters. The lowest BCUT2D eigenvalue weighted by atomic mass is 9.66. The molecule has 2 aromatic rings. The number of nitrogens with two attached hydrogens (primary N) is 1. The van der Waals surface area contributed by atoms with E-state index in [2.05, 4.69) is 9.97 Å². The number of aromatic nitrogens is 2. The van der Waals surface area contributed by atoms with Crippen molar-refractivity contribution in [1.29, 1.82) is 0 Å². The Morgan fingerprint density at radius 2 is 1.96 bits per heavy atom. The van der Waals surface area contributed by atoms with Crippen LogP contribution in [0.4, 0.5) is 13.2 Å². The van der Waals surface area contributed by atoms with Gasteiger partial charge in [-0.05, 0) is 18.4 Å². The number of H-pyrrole nitrogens is 1. The largest absolute Gasteiger partial charge is 0.401 e. The molecule has 1 heterocycles. The van der Waals surface area contributed by atoms with Gasteiger partial charge in [0.05, 0.1) is 12.0 Å². The first kappa shape index (κ1) is 17.1. The quantitative estimate of drug-likeness (QED) is 0.857. The van der Waals surface area contributed by atoms with E-state index >= 15 is 0 Å². The number of imidazole rings is 1. The molecule has 23 heavy (non-hydrogen) atoms. The molecule has 2 unspecified atom stereocenters. The van der Waals surface area contributed by atoms with Gasteiger partial charge in [-0.3, -0.25) is 4.79 Å². The lowest BCUT2D eigenvalue weighted by Crippen LogP contribution is -2.52. The second-order valence-electron chi connectivity index (χ2n) is 5.50. The average molecular weight is 325 g/mol. The van der Waals surface area contributed by atoms with Crippen molar-refractivity contribution in [2.75, 3.05) is 0 Å². The number of halogens is 3. The highest BCUT2D eigenvalue weighted by Crippen LogP contribution is 2.46. The smallest absolute Gasteiger partial charge is 0.369 e. The van der Waals surface area contributed by atoms with Crippen LogP contribution >= 0.6 is 0 Å². The molecule has 4 nitrogen and oxygen atoms in total. The highest BCUT2D eigenvalue weighted by Gasteiger charge is 2.57. The molecule has 0 saturated carbocycles. The van der Waals surface area contributed by atoms with E-state index in [0.717, 1.165) is 0 Å². The van der Waals surface area contributed by atoms with Gasteiger partial charge < -0.3 is 10.7 Å². The number of benzene rings is 1. The first-order chi connectivity index (χ1) is 10.8. The van der Waals surface area contributed by atoms with Gasteiger partial charge in [-0.15, -0.1) is 0 Å². The number of nitrogens with zero attached hydrogens (tertiary/aromatic N) is 1. The summed E-state index contributed by atoms with van der Waals surface area (Å²) in [7, 11) is 0. The van der Waals surface area contributed by atoms with Crippen LogP contribution in [0.2, 0.25) is 0 Å². The van der Waals surface area contributed by atoms with E-state index in [1.165, 1.54) is 12.5 Å². The topological polar surface area (TPSA) is 71.8 Å². The third-order valence-corrected chi connectivity index (χ3v) is 4.17. The minimum Gasteiger partial charge on any atom is -0.369 e. The number of carbonyl (C=O) groups is 1. The van der Waals surface area contributed by atoms with Crippen LogP contribution in [0.15, 0.2) is 42.9 Å². The van der Waals surface area contributed by atoms with E-state index < -0.39 is 23.4 Å². The Kier molecular flexibility index (Phi) is 4.77. The molecular weight excluding hydrogens is 307 g/mol. The predicted molar refractivity (Wildman–Crippen MR) is 79.4 cm³/mol. The molecule has 0 aliphatic rings. The van der Waals surface area contributed by atoms with E-state index in [9.17, 15) is 18.0 Å². The summed E-state index contributed by atoms with van der Waals surface area (Å²) in [5.41, 5.74) is 4.47. The van der Waals surface area contributed by atoms with Crippen molar-refractivity contribution in [3.63, 3.8) is 0 Å². The zero-order valence-electron chi connectivity index (χ0n) is 12.6. The van der Waals surface area contributed by atoms with Crippen LogP contribution in [0.25, 0.3) is 0 Å². The fraction of sp³-hybridized carbons (Fsp3) is 0.375. The maximum atomic E-state index is 13.6. The molecular formula is C16H18F3N3O. The normalized spacial score (nSPS) is 15.8. The molecule has 3 N–H and O–H groups in total. The summed E-state index contributed by atoms with van der Waals surface area (Å²) in [5.74, 6) is -3.71. The van der Waals surface area contributed by atoms with Crippen molar-refractivity contribution in [1.82, 2.24) is 9.97 Å². The van der Waals surface area contributed by atoms with Crippen LogP contribution in [0.5, 0.6) is 0 Å². The van der Waals surface area contributed by atoms with Crippen molar-refractivity contribution >= 4 is 5.91 Å². The van der Waals surface area contributed by atoms with E-state index in [1.807, 2.05) is 0 Å². The SMILES string of the molecule is CCC(Cc1ccccc1)(c1c[nH]cn1)C(C(N)=O)C(F)(F)F. The Bertz CT molecular complexity index is 640. The third-order valence-electron chi connectivity index (χ3n) is 4.17. The fourth-order valence-corrected chi connectivity index (χ4v) is 3.09. The van der Waals surface area contributed by atoms with E-state index in [-0.39, 0.29) is 18.5 Å². The van der Waals surface area contributed by atoms with E-state index in [0.29, 0.717) is 5.56 Å². The summed E-state index contributed by atoms with van der Waals surface area (Å²) >= 11 is 0. The maximum absolute atomic E-state index is 13.6. The summed E-state index contributed by atoms with van der Waals surface area (Å²) in [6.45, 7) is 1.61. The molecule has 7 heteroatoms. The summed E-state index contributed by atoms with van der Waals surface area (Å²) < 4.78 is 40.8. The average Bonchev–Trinajstić information content (AvgIpc) is 3.00. The molecule has 1 aromatic carbocycles. The zero-order valence-corrected chi connectivity index (χ0v) is 12.6. The molecule has 124 valence electrons. The number of rotatable bonds is 6. The van der Waals surface area contributed by atoms with Crippen LogP contribution in [0.3, 0.4) is 0 Å². The lowest BCUT2D eigenvalue weighted by Gasteiger charge is -2.38. The number of primary amides is 1. The molecule has 0 aliphatic carbocycles. The Hall–Kier alpha value is -2.31. The van der Waals surface area contributed by atoms with Gasteiger partial charge in [-0.2, -0.15) is 13.2 Å². The zero-order chi connectivity index (χ0) is 17.1. The number of aromatic amines is 1. The van der Waals surface area contributed by atoms with Gasteiger partial charge in [0.1, 0.15) is 5.92 Å². The molecule has 0 aliphatic heterocycles. The molecule has 2 rings (SSSR count). The predicted octanol–water partition coefficient (Wildman–Crippen LogP) is 2.96. The van der Waals surface area contributed by atoms with Crippen molar-refractivity contribution in [2.24, 2.45) is 11.7 Å². The van der Waals surface area contributed by atoms with Gasteiger partial charge in [0.15, 0.2) is 0 Å². The summed E-state index contributed by atoms with van der Waals surface area (Å²) in [5, 5.41) is 0. The van der Waals surface area contributed by atoms with Crippen molar-refractivity contribution in [3.05, 3.63) is 54.1 Å². The minimum absolute atomic E-state index is 0.0162. The Morgan fingerprint density at radius 1 is 1.30 bits per heavy atom. The van der Waals surface area contributed by atoms with Crippen LogP contribution < -0.4 is 5.73 Å². The van der Waals surface area contributed by atoms with Crippen LogP contribution in [0.1, 0.15) is 24.6 Å².